The quantitative estimate of drug-likeness (QED) is 0.843. The second-order valence-electron chi connectivity index (χ2n) is 4.94. The van der Waals surface area contributed by atoms with Gasteiger partial charge in [-0.15, -0.1) is 0 Å². The van der Waals surface area contributed by atoms with E-state index in [-0.39, 0.29) is 17.9 Å². The van der Waals surface area contributed by atoms with Crippen LogP contribution >= 0.6 is 0 Å². The Labute approximate surface area is 119 Å². The summed E-state index contributed by atoms with van der Waals surface area (Å²) < 4.78 is 2.03. The second-order valence-corrected chi connectivity index (χ2v) is 4.94. The van der Waals surface area contributed by atoms with Crippen molar-refractivity contribution < 1.29 is 4.79 Å². The molecule has 0 radical (unpaired) electrons. The van der Waals surface area contributed by atoms with Crippen LogP contribution in [0.15, 0.2) is 54.9 Å². The summed E-state index contributed by atoms with van der Waals surface area (Å²) in [4.78, 5) is 12.1. The van der Waals surface area contributed by atoms with Crippen LogP contribution in [-0.4, -0.2) is 17.0 Å². The number of carbonyl (C=O) groups is 1. The third-order valence-electron chi connectivity index (χ3n) is 3.47. The lowest BCUT2D eigenvalue weighted by molar-refractivity contribution is -0.125. The van der Waals surface area contributed by atoms with Gasteiger partial charge in [0, 0.05) is 31.5 Å². The molecule has 0 spiro atoms. The van der Waals surface area contributed by atoms with Crippen LogP contribution < -0.4 is 11.1 Å². The zero-order chi connectivity index (χ0) is 14.4. The summed E-state index contributed by atoms with van der Waals surface area (Å²) in [7, 11) is 0. The van der Waals surface area contributed by atoms with Crippen molar-refractivity contribution in [3.05, 3.63) is 60.4 Å². The van der Waals surface area contributed by atoms with Crippen molar-refractivity contribution in [3.63, 3.8) is 0 Å². The Hall–Kier alpha value is -2.07. The van der Waals surface area contributed by atoms with Gasteiger partial charge in [-0.3, -0.25) is 4.79 Å². The molecule has 20 heavy (non-hydrogen) atoms. The number of rotatable bonds is 6. The molecule has 1 heterocycles. The Balaban J connectivity index is 1.82. The lowest BCUT2D eigenvalue weighted by Gasteiger charge is -2.19. The molecule has 0 aliphatic carbocycles. The van der Waals surface area contributed by atoms with Crippen molar-refractivity contribution in [2.24, 2.45) is 11.7 Å². The van der Waals surface area contributed by atoms with E-state index in [9.17, 15) is 4.79 Å². The van der Waals surface area contributed by atoms with E-state index in [1.54, 1.807) is 0 Å². The van der Waals surface area contributed by atoms with Crippen LogP contribution in [0.5, 0.6) is 0 Å². The summed E-state index contributed by atoms with van der Waals surface area (Å²) in [5, 5.41) is 2.93. The number of nitrogens with zero attached hydrogens (tertiary/aromatic N) is 1. The SMILES string of the molecule is CC(C(=O)NCCn1cccc1)C(N)c1ccccc1. The van der Waals surface area contributed by atoms with Crippen molar-refractivity contribution in [2.75, 3.05) is 6.54 Å². The average Bonchev–Trinajstić information content (AvgIpc) is 2.99. The third-order valence-corrected chi connectivity index (χ3v) is 3.47. The fourth-order valence-electron chi connectivity index (χ4n) is 2.12. The van der Waals surface area contributed by atoms with Crippen LogP contribution in [0.25, 0.3) is 0 Å². The molecule has 0 bridgehead atoms. The maximum absolute atomic E-state index is 12.1. The van der Waals surface area contributed by atoms with Crippen LogP contribution in [0.4, 0.5) is 0 Å². The molecular formula is C16H21N3O. The Morgan fingerprint density at radius 2 is 1.85 bits per heavy atom. The van der Waals surface area contributed by atoms with Crippen molar-refractivity contribution in [3.8, 4) is 0 Å². The Bertz CT molecular complexity index is 522. The molecule has 2 atom stereocenters. The maximum Gasteiger partial charge on any atom is 0.224 e. The van der Waals surface area contributed by atoms with Crippen LogP contribution in [-0.2, 0) is 11.3 Å². The van der Waals surface area contributed by atoms with Gasteiger partial charge in [0.2, 0.25) is 5.91 Å². The van der Waals surface area contributed by atoms with Crippen LogP contribution in [0.2, 0.25) is 0 Å². The first-order valence-corrected chi connectivity index (χ1v) is 6.87. The number of nitrogens with two attached hydrogens (primary N) is 1. The summed E-state index contributed by atoms with van der Waals surface area (Å²) in [6.45, 7) is 3.24. The first-order chi connectivity index (χ1) is 9.68. The number of aromatic nitrogens is 1. The first-order valence-electron chi connectivity index (χ1n) is 6.87. The molecule has 4 nitrogen and oxygen atoms in total. The van der Waals surface area contributed by atoms with Crippen molar-refractivity contribution >= 4 is 5.91 Å². The lowest BCUT2D eigenvalue weighted by Crippen LogP contribution is -2.36. The van der Waals surface area contributed by atoms with Gasteiger partial charge in [0.15, 0.2) is 0 Å². The van der Waals surface area contributed by atoms with Gasteiger partial charge in [0.05, 0.1) is 5.92 Å². The van der Waals surface area contributed by atoms with Crippen molar-refractivity contribution in [1.82, 2.24) is 9.88 Å². The zero-order valence-electron chi connectivity index (χ0n) is 11.7. The minimum absolute atomic E-state index is 0.00601. The summed E-state index contributed by atoms with van der Waals surface area (Å²) in [6.07, 6.45) is 3.95. The molecule has 2 rings (SSSR count). The fourth-order valence-corrected chi connectivity index (χ4v) is 2.12. The molecule has 106 valence electrons. The number of nitrogens with one attached hydrogen (secondary N) is 1. The molecule has 0 fully saturated rings. The minimum atomic E-state index is -0.275. The van der Waals surface area contributed by atoms with Gasteiger partial charge in [-0.1, -0.05) is 37.3 Å². The van der Waals surface area contributed by atoms with Crippen molar-refractivity contribution in [2.45, 2.75) is 19.5 Å². The number of carbonyl (C=O) groups excluding carboxylic acids is 1. The standard InChI is InChI=1S/C16H21N3O/c1-13(15(17)14-7-3-2-4-8-14)16(20)18-9-12-19-10-5-6-11-19/h2-8,10-11,13,15H,9,12,17H2,1H3,(H,18,20). The molecule has 0 aliphatic rings. The zero-order valence-corrected chi connectivity index (χ0v) is 11.7. The molecule has 3 N–H and O–H groups in total. The predicted octanol–water partition coefficient (Wildman–Crippen LogP) is 1.94. The minimum Gasteiger partial charge on any atom is -0.354 e. The Morgan fingerprint density at radius 1 is 1.20 bits per heavy atom. The molecule has 2 unspecified atom stereocenters. The topological polar surface area (TPSA) is 60.0 Å². The lowest BCUT2D eigenvalue weighted by atomic mass is 9.95. The monoisotopic (exact) mass is 271 g/mol. The highest BCUT2D eigenvalue weighted by Crippen LogP contribution is 2.18. The summed E-state index contributed by atoms with van der Waals surface area (Å²) in [5.41, 5.74) is 7.13. The second kappa shape index (κ2) is 6.91. The van der Waals surface area contributed by atoms with E-state index in [0.29, 0.717) is 6.54 Å². The number of hydrogen-bond donors (Lipinski definition) is 2. The van der Waals surface area contributed by atoms with Gasteiger partial charge < -0.3 is 15.6 Å². The van der Waals surface area contributed by atoms with Crippen LogP contribution in [0.1, 0.15) is 18.5 Å². The van der Waals surface area contributed by atoms with E-state index >= 15 is 0 Å². The molecule has 2 aromatic rings. The molecule has 0 saturated carbocycles. The summed E-state index contributed by atoms with van der Waals surface area (Å²) in [6, 6.07) is 13.4. The van der Waals surface area contributed by atoms with Gasteiger partial charge in [-0.05, 0) is 17.7 Å². The third kappa shape index (κ3) is 3.71. The first kappa shape index (κ1) is 14.3. The molecule has 4 heteroatoms. The Kier molecular flexibility index (Phi) is 4.96. The number of benzene rings is 1. The highest BCUT2D eigenvalue weighted by Gasteiger charge is 2.21. The van der Waals surface area contributed by atoms with Crippen LogP contribution in [0.3, 0.4) is 0 Å². The van der Waals surface area contributed by atoms with E-state index in [1.165, 1.54) is 0 Å². The molecular weight excluding hydrogens is 250 g/mol. The number of amides is 1. The fraction of sp³-hybridized carbons (Fsp3) is 0.312. The van der Waals surface area contributed by atoms with Gasteiger partial charge in [-0.25, -0.2) is 0 Å². The molecule has 1 aromatic heterocycles. The normalized spacial score (nSPS) is 13.7. The molecule has 0 aliphatic heterocycles. The van der Waals surface area contributed by atoms with Gasteiger partial charge in [0.25, 0.3) is 0 Å². The average molecular weight is 271 g/mol. The Morgan fingerprint density at radius 3 is 2.50 bits per heavy atom. The highest BCUT2D eigenvalue weighted by molar-refractivity contribution is 5.79. The molecule has 1 amide bonds. The highest BCUT2D eigenvalue weighted by atomic mass is 16.1. The van der Waals surface area contributed by atoms with E-state index in [1.807, 2.05) is 66.3 Å². The maximum atomic E-state index is 12.1. The number of hydrogen-bond acceptors (Lipinski definition) is 2. The van der Waals surface area contributed by atoms with E-state index < -0.39 is 0 Å². The summed E-state index contributed by atoms with van der Waals surface area (Å²) >= 11 is 0. The van der Waals surface area contributed by atoms with Gasteiger partial charge in [0.1, 0.15) is 0 Å². The van der Waals surface area contributed by atoms with Crippen molar-refractivity contribution in [1.29, 1.82) is 0 Å². The van der Waals surface area contributed by atoms with Crippen LogP contribution in [0, 0.1) is 5.92 Å². The van der Waals surface area contributed by atoms with Gasteiger partial charge >= 0.3 is 0 Å². The predicted molar refractivity (Wildman–Crippen MR) is 80.0 cm³/mol. The molecule has 0 saturated heterocycles. The van der Waals surface area contributed by atoms with E-state index in [2.05, 4.69) is 5.32 Å². The molecule has 1 aromatic carbocycles. The van der Waals surface area contributed by atoms with E-state index in [4.69, 9.17) is 5.73 Å². The largest absolute Gasteiger partial charge is 0.354 e. The summed E-state index contributed by atoms with van der Waals surface area (Å²) in [5.74, 6) is -0.254. The van der Waals surface area contributed by atoms with Gasteiger partial charge in [-0.2, -0.15) is 0 Å². The smallest absolute Gasteiger partial charge is 0.224 e. The van der Waals surface area contributed by atoms with E-state index in [0.717, 1.165) is 12.1 Å².